The summed E-state index contributed by atoms with van der Waals surface area (Å²) >= 11 is 0. The Kier molecular flexibility index (Phi) is 3.20. The average molecular weight is 246 g/mol. The number of halogens is 1. The molecule has 17 heavy (non-hydrogen) atoms. The molecule has 0 aromatic carbocycles. The molecule has 0 bridgehead atoms. The number of rotatable bonds is 2. The number of H-pyrrole nitrogens is 1. The minimum atomic E-state index is -1.39. The molecule has 2 unspecified atom stereocenters. The summed E-state index contributed by atoms with van der Waals surface area (Å²) in [6.45, 7) is -0.507. The highest BCUT2D eigenvalue weighted by Gasteiger charge is 2.44. The minimum absolute atomic E-state index is 0.174. The molecule has 0 saturated carbocycles. The molecule has 4 atom stereocenters. The van der Waals surface area contributed by atoms with Crippen LogP contribution in [0.25, 0.3) is 0 Å². The van der Waals surface area contributed by atoms with Gasteiger partial charge in [0.05, 0.1) is 12.2 Å². The van der Waals surface area contributed by atoms with E-state index in [4.69, 9.17) is 9.84 Å². The smallest absolute Gasteiger partial charge is 0.347 e. The van der Waals surface area contributed by atoms with Crippen LogP contribution in [-0.4, -0.2) is 50.2 Å². The van der Waals surface area contributed by atoms with Gasteiger partial charge in [-0.1, -0.05) is 0 Å². The number of hydrogen-bond acceptors (Lipinski definition) is 6. The fraction of sp³-hybridized carbons (Fsp3) is 0.556. The van der Waals surface area contributed by atoms with Crippen LogP contribution >= 0.6 is 0 Å². The van der Waals surface area contributed by atoms with Crippen molar-refractivity contribution in [3.05, 3.63) is 28.2 Å². The lowest BCUT2D eigenvalue weighted by Crippen LogP contribution is -2.32. The lowest BCUT2D eigenvalue weighted by molar-refractivity contribution is -0.0240. The second-order valence-electron chi connectivity index (χ2n) is 3.72. The number of aromatic amines is 1. The molecule has 7 nitrogen and oxygen atoms in total. The van der Waals surface area contributed by atoms with Crippen LogP contribution in [0.15, 0.2) is 11.0 Å². The first-order chi connectivity index (χ1) is 8.04. The number of hydrogen-bond donors (Lipinski definition) is 4. The van der Waals surface area contributed by atoms with E-state index in [9.17, 15) is 19.4 Å². The number of ether oxygens (including phenoxy) is 1. The first-order valence-electron chi connectivity index (χ1n) is 4.91. The molecule has 2 rings (SSSR count). The van der Waals surface area contributed by atoms with Crippen molar-refractivity contribution in [2.45, 2.75) is 24.4 Å². The SMILES string of the molecule is O=c1ncc([C@@H]2O[C@H](CO)C(O)C2O)c(F)[nH]1. The Bertz CT molecular complexity index is 465. The Labute approximate surface area is 94.5 Å². The largest absolute Gasteiger partial charge is 0.394 e. The molecule has 4 N–H and O–H groups in total. The van der Waals surface area contributed by atoms with Gasteiger partial charge in [0.15, 0.2) is 0 Å². The van der Waals surface area contributed by atoms with Gasteiger partial charge in [0.1, 0.15) is 24.4 Å². The third kappa shape index (κ3) is 2.07. The van der Waals surface area contributed by atoms with Crippen LogP contribution < -0.4 is 5.69 Å². The zero-order chi connectivity index (χ0) is 12.6. The van der Waals surface area contributed by atoms with E-state index in [-0.39, 0.29) is 5.56 Å². The van der Waals surface area contributed by atoms with Gasteiger partial charge in [0.2, 0.25) is 5.95 Å². The van der Waals surface area contributed by atoms with Crippen LogP contribution in [0.1, 0.15) is 11.7 Å². The van der Waals surface area contributed by atoms with Crippen molar-refractivity contribution in [3.8, 4) is 0 Å². The summed E-state index contributed by atoms with van der Waals surface area (Å²) in [5.41, 5.74) is -1.04. The molecule has 1 saturated heterocycles. The highest BCUT2D eigenvalue weighted by molar-refractivity contribution is 5.14. The number of aliphatic hydroxyl groups excluding tert-OH is 3. The maximum absolute atomic E-state index is 13.4. The maximum Gasteiger partial charge on any atom is 0.347 e. The van der Waals surface area contributed by atoms with E-state index in [0.29, 0.717) is 0 Å². The Morgan fingerprint density at radius 2 is 2.18 bits per heavy atom. The zero-order valence-corrected chi connectivity index (χ0v) is 8.58. The molecule has 94 valence electrons. The summed E-state index contributed by atoms with van der Waals surface area (Å²) < 4.78 is 18.5. The molecule has 0 spiro atoms. The zero-order valence-electron chi connectivity index (χ0n) is 8.58. The van der Waals surface area contributed by atoms with Crippen LogP contribution in [0.4, 0.5) is 4.39 Å². The van der Waals surface area contributed by atoms with Gasteiger partial charge in [0, 0.05) is 6.20 Å². The van der Waals surface area contributed by atoms with Crippen LogP contribution in [0.5, 0.6) is 0 Å². The summed E-state index contributed by atoms with van der Waals surface area (Å²) in [6.07, 6.45) is -3.97. The fourth-order valence-corrected chi connectivity index (χ4v) is 1.74. The highest BCUT2D eigenvalue weighted by Crippen LogP contribution is 2.33. The van der Waals surface area contributed by atoms with Crippen molar-refractivity contribution in [2.24, 2.45) is 0 Å². The van der Waals surface area contributed by atoms with Crippen LogP contribution in [0.3, 0.4) is 0 Å². The highest BCUT2D eigenvalue weighted by atomic mass is 19.1. The van der Waals surface area contributed by atoms with Gasteiger partial charge >= 0.3 is 5.69 Å². The topological polar surface area (TPSA) is 116 Å². The monoisotopic (exact) mass is 246 g/mol. The Morgan fingerprint density at radius 3 is 2.71 bits per heavy atom. The summed E-state index contributed by atoms with van der Waals surface area (Å²) in [5.74, 6) is -0.986. The number of aliphatic hydroxyl groups is 3. The van der Waals surface area contributed by atoms with E-state index in [1.54, 1.807) is 0 Å². The molecule has 8 heteroatoms. The molecule has 1 fully saturated rings. The number of nitrogens with zero attached hydrogens (tertiary/aromatic N) is 1. The van der Waals surface area contributed by atoms with Gasteiger partial charge in [-0.25, -0.2) is 9.78 Å². The molecule has 1 aliphatic rings. The van der Waals surface area contributed by atoms with E-state index in [1.807, 2.05) is 4.98 Å². The predicted molar refractivity (Wildman–Crippen MR) is 51.5 cm³/mol. The standard InChI is InChI=1S/C9H11FN2O5/c10-8-3(1-11-9(16)12-8)7-6(15)5(14)4(2-13)17-7/h1,4-7,13-15H,2H2,(H,11,12,16)/t4-,5?,6?,7+/m1/s1. The Hall–Kier alpha value is -1.35. The van der Waals surface area contributed by atoms with E-state index >= 15 is 0 Å². The normalized spacial score (nSPS) is 32.9. The maximum atomic E-state index is 13.4. The second-order valence-corrected chi connectivity index (χ2v) is 3.72. The number of aromatic nitrogens is 2. The average Bonchev–Trinajstić information content (AvgIpc) is 2.57. The summed E-state index contributed by atoms with van der Waals surface area (Å²) in [7, 11) is 0. The molecule has 2 heterocycles. The van der Waals surface area contributed by atoms with Gasteiger partial charge in [-0.3, -0.25) is 4.98 Å². The van der Waals surface area contributed by atoms with Crippen LogP contribution in [0, 0.1) is 5.95 Å². The molecular formula is C9H11FN2O5. The van der Waals surface area contributed by atoms with Gasteiger partial charge in [-0.2, -0.15) is 4.39 Å². The number of nitrogens with one attached hydrogen (secondary N) is 1. The van der Waals surface area contributed by atoms with Crippen LogP contribution in [0.2, 0.25) is 0 Å². The molecule has 0 amide bonds. The first kappa shape index (κ1) is 12.1. The van der Waals surface area contributed by atoms with Gasteiger partial charge < -0.3 is 20.1 Å². The van der Waals surface area contributed by atoms with E-state index in [1.165, 1.54) is 0 Å². The van der Waals surface area contributed by atoms with Gasteiger partial charge in [-0.15, -0.1) is 0 Å². The summed E-state index contributed by atoms with van der Waals surface area (Å²) in [4.78, 5) is 15.8. The van der Waals surface area contributed by atoms with Gasteiger partial charge in [0.25, 0.3) is 0 Å². The van der Waals surface area contributed by atoms with Crippen LogP contribution in [-0.2, 0) is 4.74 Å². The van der Waals surface area contributed by atoms with Crippen molar-refractivity contribution < 1.29 is 24.4 Å². The van der Waals surface area contributed by atoms with Crippen molar-refractivity contribution >= 4 is 0 Å². The first-order valence-corrected chi connectivity index (χ1v) is 4.91. The summed E-state index contributed by atoms with van der Waals surface area (Å²) in [5, 5.41) is 28.0. The van der Waals surface area contributed by atoms with Crippen molar-refractivity contribution in [2.75, 3.05) is 6.61 Å². The molecule has 1 aromatic rings. The minimum Gasteiger partial charge on any atom is -0.394 e. The molecular weight excluding hydrogens is 235 g/mol. The van der Waals surface area contributed by atoms with E-state index in [0.717, 1.165) is 6.20 Å². The molecule has 0 radical (unpaired) electrons. The van der Waals surface area contributed by atoms with Gasteiger partial charge in [-0.05, 0) is 0 Å². The Balaban J connectivity index is 2.32. The summed E-state index contributed by atoms with van der Waals surface area (Å²) in [6, 6.07) is 0. The predicted octanol–water partition coefficient (Wildman–Crippen LogP) is -1.94. The second kappa shape index (κ2) is 4.49. The third-order valence-corrected chi connectivity index (χ3v) is 2.64. The quantitative estimate of drug-likeness (QED) is 0.451. The molecule has 1 aromatic heterocycles. The lowest BCUT2D eigenvalue weighted by atomic mass is 10.0. The van der Waals surface area contributed by atoms with Crippen molar-refractivity contribution in [3.63, 3.8) is 0 Å². The van der Waals surface area contributed by atoms with E-state index in [2.05, 4.69) is 4.98 Å². The van der Waals surface area contributed by atoms with Crippen molar-refractivity contribution in [1.82, 2.24) is 9.97 Å². The Morgan fingerprint density at radius 1 is 1.47 bits per heavy atom. The fourth-order valence-electron chi connectivity index (χ4n) is 1.74. The van der Waals surface area contributed by atoms with Crippen molar-refractivity contribution in [1.29, 1.82) is 0 Å². The van der Waals surface area contributed by atoms with E-state index < -0.39 is 42.7 Å². The third-order valence-electron chi connectivity index (χ3n) is 2.64. The molecule has 0 aliphatic carbocycles. The lowest BCUT2D eigenvalue weighted by Gasteiger charge is -2.14. The molecule has 1 aliphatic heterocycles.